The van der Waals surface area contributed by atoms with Crippen molar-refractivity contribution in [3.05, 3.63) is 29.3 Å². The average Bonchev–Trinajstić information content (AvgIpc) is 2.32. The van der Waals surface area contributed by atoms with Crippen molar-refractivity contribution in [2.24, 2.45) is 5.92 Å². The van der Waals surface area contributed by atoms with Crippen molar-refractivity contribution in [3.8, 4) is 5.75 Å². The Morgan fingerprint density at radius 3 is 2.82 bits per heavy atom. The molecule has 0 aromatic heterocycles. The Bertz CT molecular complexity index is 487. The highest BCUT2D eigenvalue weighted by Crippen LogP contribution is 2.46. The van der Waals surface area contributed by atoms with Crippen LogP contribution >= 0.6 is 0 Å². The molecular formula is C13H13F2NO. The van der Waals surface area contributed by atoms with Gasteiger partial charge in [0.1, 0.15) is 5.82 Å². The maximum Gasteiger partial charge on any atom is 0.165 e. The van der Waals surface area contributed by atoms with Crippen molar-refractivity contribution in [3.63, 3.8) is 0 Å². The van der Waals surface area contributed by atoms with E-state index in [-0.39, 0.29) is 23.4 Å². The summed E-state index contributed by atoms with van der Waals surface area (Å²) in [7, 11) is 0. The number of fused-ring (bicyclic) bond motifs is 3. The third-order valence-electron chi connectivity index (χ3n) is 3.74. The molecule has 0 amide bonds. The molecule has 1 saturated carbocycles. The van der Waals surface area contributed by atoms with E-state index in [2.05, 4.69) is 0 Å². The minimum atomic E-state index is -0.486. The van der Waals surface area contributed by atoms with Crippen LogP contribution in [0.4, 0.5) is 8.78 Å². The standard InChI is InChI=1S/C13H13F2NO/c14-10-3-4-11(15)13-12(10)9-2-1-8(16)5-7(9)6-17-13/h3-4,7,9,16H,1-2,5-6H2. The fraction of sp³-hybridized carbons (Fsp3) is 0.462. The molecule has 0 spiro atoms. The Morgan fingerprint density at radius 1 is 1.24 bits per heavy atom. The van der Waals surface area contributed by atoms with Gasteiger partial charge in [-0.3, -0.25) is 0 Å². The molecule has 3 rings (SSSR count). The topological polar surface area (TPSA) is 33.1 Å². The first-order valence-corrected chi connectivity index (χ1v) is 5.84. The highest BCUT2D eigenvalue weighted by atomic mass is 19.1. The zero-order valence-corrected chi connectivity index (χ0v) is 9.30. The molecule has 1 fully saturated rings. The predicted molar refractivity (Wildman–Crippen MR) is 59.7 cm³/mol. The fourth-order valence-electron chi connectivity index (χ4n) is 2.91. The third kappa shape index (κ3) is 1.63. The third-order valence-corrected chi connectivity index (χ3v) is 3.74. The van der Waals surface area contributed by atoms with Gasteiger partial charge in [-0.1, -0.05) is 0 Å². The van der Waals surface area contributed by atoms with E-state index in [9.17, 15) is 8.78 Å². The molecule has 1 aromatic rings. The predicted octanol–water partition coefficient (Wildman–Crippen LogP) is 3.26. The van der Waals surface area contributed by atoms with Crippen LogP contribution in [0.1, 0.15) is 30.7 Å². The van der Waals surface area contributed by atoms with Gasteiger partial charge >= 0.3 is 0 Å². The van der Waals surface area contributed by atoms with Crippen LogP contribution in [0.5, 0.6) is 5.75 Å². The van der Waals surface area contributed by atoms with Crippen LogP contribution in [-0.2, 0) is 0 Å². The molecule has 1 aliphatic heterocycles. The molecule has 0 bridgehead atoms. The van der Waals surface area contributed by atoms with Gasteiger partial charge < -0.3 is 10.1 Å². The molecule has 2 aliphatic rings. The lowest BCUT2D eigenvalue weighted by molar-refractivity contribution is 0.173. The Morgan fingerprint density at radius 2 is 2.00 bits per heavy atom. The lowest BCUT2D eigenvalue weighted by atomic mass is 9.73. The molecular weight excluding hydrogens is 224 g/mol. The quantitative estimate of drug-likeness (QED) is 0.738. The van der Waals surface area contributed by atoms with Crippen LogP contribution in [-0.4, -0.2) is 12.3 Å². The Kier molecular flexibility index (Phi) is 2.38. The van der Waals surface area contributed by atoms with Gasteiger partial charge in [0.2, 0.25) is 0 Å². The number of rotatable bonds is 0. The second-order valence-electron chi connectivity index (χ2n) is 4.80. The van der Waals surface area contributed by atoms with E-state index in [1.165, 1.54) is 6.07 Å². The highest BCUT2D eigenvalue weighted by Gasteiger charge is 2.37. The Labute approximate surface area is 98.1 Å². The van der Waals surface area contributed by atoms with Crippen molar-refractivity contribution in [2.75, 3.05) is 6.61 Å². The zero-order chi connectivity index (χ0) is 12.0. The Hall–Kier alpha value is -1.45. The smallest absolute Gasteiger partial charge is 0.165 e. The second-order valence-corrected chi connectivity index (χ2v) is 4.80. The summed E-state index contributed by atoms with van der Waals surface area (Å²) in [5.41, 5.74) is 1.07. The molecule has 1 aromatic carbocycles. The van der Waals surface area contributed by atoms with E-state index in [0.29, 0.717) is 30.7 Å². The van der Waals surface area contributed by atoms with Crippen molar-refractivity contribution in [2.45, 2.75) is 25.2 Å². The van der Waals surface area contributed by atoms with E-state index in [1.54, 1.807) is 0 Å². The molecule has 0 saturated heterocycles. The van der Waals surface area contributed by atoms with Crippen molar-refractivity contribution in [1.82, 2.24) is 0 Å². The van der Waals surface area contributed by atoms with Gasteiger partial charge in [0.15, 0.2) is 11.6 Å². The molecule has 17 heavy (non-hydrogen) atoms. The number of halogens is 2. The lowest BCUT2D eigenvalue weighted by Crippen LogP contribution is -2.33. The first kappa shape index (κ1) is 10.7. The van der Waals surface area contributed by atoms with Crippen molar-refractivity contribution < 1.29 is 13.5 Å². The Balaban J connectivity index is 2.07. The number of nitrogens with one attached hydrogen (secondary N) is 1. The molecule has 1 aliphatic carbocycles. The number of ether oxygens (including phenoxy) is 1. The van der Waals surface area contributed by atoms with Gasteiger partial charge in [-0.2, -0.15) is 0 Å². The van der Waals surface area contributed by atoms with Crippen LogP contribution in [0.25, 0.3) is 0 Å². The molecule has 1 heterocycles. The van der Waals surface area contributed by atoms with Crippen LogP contribution in [0.2, 0.25) is 0 Å². The average molecular weight is 237 g/mol. The summed E-state index contributed by atoms with van der Waals surface area (Å²) in [6.07, 6.45) is 2.04. The van der Waals surface area contributed by atoms with E-state index in [4.69, 9.17) is 10.1 Å². The SMILES string of the molecule is N=C1CCC2c3c(F)ccc(F)c3OCC2C1. The molecule has 4 heteroatoms. The van der Waals surface area contributed by atoms with Crippen LogP contribution < -0.4 is 4.74 Å². The van der Waals surface area contributed by atoms with Gasteiger partial charge in [-0.05, 0) is 37.3 Å². The number of hydrogen-bond acceptors (Lipinski definition) is 2. The summed E-state index contributed by atoms with van der Waals surface area (Å²) in [6.45, 7) is 0.389. The van der Waals surface area contributed by atoms with Gasteiger partial charge in [0.25, 0.3) is 0 Å². The summed E-state index contributed by atoms with van der Waals surface area (Å²) < 4.78 is 32.7. The molecule has 90 valence electrons. The zero-order valence-electron chi connectivity index (χ0n) is 9.30. The summed E-state index contributed by atoms with van der Waals surface area (Å²) >= 11 is 0. The van der Waals surface area contributed by atoms with Crippen LogP contribution in [0.15, 0.2) is 12.1 Å². The van der Waals surface area contributed by atoms with Gasteiger partial charge in [0.05, 0.1) is 6.61 Å². The van der Waals surface area contributed by atoms with E-state index in [0.717, 1.165) is 12.5 Å². The van der Waals surface area contributed by atoms with Crippen LogP contribution in [0.3, 0.4) is 0 Å². The normalized spacial score (nSPS) is 27.1. The number of benzene rings is 1. The van der Waals surface area contributed by atoms with Crippen molar-refractivity contribution in [1.29, 1.82) is 5.41 Å². The van der Waals surface area contributed by atoms with E-state index in [1.807, 2.05) is 0 Å². The van der Waals surface area contributed by atoms with E-state index < -0.39 is 5.82 Å². The summed E-state index contributed by atoms with van der Waals surface area (Å²) in [5.74, 6) is -0.659. The monoisotopic (exact) mass is 237 g/mol. The molecule has 2 atom stereocenters. The highest BCUT2D eigenvalue weighted by molar-refractivity contribution is 5.82. The maximum absolute atomic E-state index is 13.8. The minimum absolute atomic E-state index is 0.00329. The maximum atomic E-state index is 13.8. The van der Waals surface area contributed by atoms with Crippen LogP contribution in [0, 0.1) is 23.0 Å². The van der Waals surface area contributed by atoms with Gasteiger partial charge in [-0.15, -0.1) is 0 Å². The lowest BCUT2D eigenvalue weighted by Gasteiger charge is -2.37. The summed E-state index contributed by atoms with van der Waals surface area (Å²) in [4.78, 5) is 0. The summed E-state index contributed by atoms with van der Waals surface area (Å²) in [6, 6.07) is 2.28. The first-order chi connectivity index (χ1) is 8.16. The van der Waals surface area contributed by atoms with E-state index >= 15 is 0 Å². The number of hydrogen-bond donors (Lipinski definition) is 1. The minimum Gasteiger partial charge on any atom is -0.490 e. The molecule has 2 nitrogen and oxygen atoms in total. The molecule has 0 radical (unpaired) electrons. The fourth-order valence-corrected chi connectivity index (χ4v) is 2.91. The van der Waals surface area contributed by atoms with Gasteiger partial charge in [0, 0.05) is 17.2 Å². The molecule has 2 unspecified atom stereocenters. The molecule has 1 N–H and O–H groups in total. The second kappa shape index (κ2) is 3.79. The van der Waals surface area contributed by atoms with Gasteiger partial charge in [-0.25, -0.2) is 8.78 Å². The van der Waals surface area contributed by atoms with Crippen molar-refractivity contribution >= 4 is 5.71 Å². The first-order valence-electron chi connectivity index (χ1n) is 5.84. The summed E-state index contributed by atoms with van der Waals surface area (Å²) in [5, 5.41) is 7.67. The largest absolute Gasteiger partial charge is 0.490 e.